The average Bonchev–Trinajstić information content (AvgIpc) is 0.675. The van der Waals surface area contributed by atoms with E-state index in [1.165, 1.54) is 6.92 Å². The Bertz CT molecular complexity index is 2830. The van der Waals surface area contributed by atoms with Gasteiger partial charge in [-0.3, -0.25) is 4.79 Å². The first-order valence-electron chi connectivity index (χ1n) is 34.7. The highest BCUT2D eigenvalue weighted by Crippen LogP contribution is 2.76. The van der Waals surface area contributed by atoms with Gasteiger partial charge in [0.1, 0.15) is 134 Å². The van der Waals surface area contributed by atoms with Crippen LogP contribution in [-0.2, 0) is 66.4 Å². The lowest BCUT2D eigenvalue weighted by Gasteiger charge is -2.71. The zero-order chi connectivity index (χ0) is 72.5. The molecule has 6 saturated heterocycles. The van der Waals surface area contributed by atoms with Crippen molar-refractivity contribution in [3.05, 3.63) is 11.6 Å². The van der Waals surface area contributed by atoms with Gasteiger partial charge < -0.3 is 154 Å². The zero-order valence-corrected chi connectivity index (χ0v) is 56.8. The lowest BCUT2D eigenvalue weighted by molar-refractivity contribution is -0.396. The minimum absolute atomic E-state index is 0.0555. The Kier molecular flexibility index (Phi) is 22.7. The molecule has 5 aliphatic carbocycles. The highest BCUT2D eigenvalue weighted by Gasteiger charge is 2.71. The molecule has 0 aromatic carbocycles. The van der Waals surface area contributed by atoms with Crippen LogP contribution in [0.1, 0.15) is 120 Å². The number of hydrogen-bond acceptors (Lipinski definition) is 32. The van der Waals surface area contributed by atoms with E-state index >= 15 is 4.79 Å². The Labute approximate surface area is 571 Å². The number of allylic oxidation sites excluding steroid dienone is 2. The van der Waals surface area contributed by atoms with E-state index in [1.807, 2.05) is 13.8 Å². The molecular weight excluding hydrogens is 1320 g/mol. The number of hydrogen-bond donors (Lipinski definition) is 19. The highest BCUT2D eigenvalue weighted by molar-refractivity contribution is 5.79. The summed E-state index contributed by atoms with van der Waals surface area (Å²) >= 11 is 0. The maximum absolute atomic E-state index is 15.3. The molecule has 11 rings (SSSR count). The fourth-order valence-electron chi connectivity index (χ4n) is 19.3. The summed E-state index contributed by atoms with van der Waals surface area (Å²) in [5, 5.41) is 206. The second-order valence-corrected chi connectivity index (χ2v) is 31.9. The van der Waals surface area contributed by atoms with Crippen molar-refractivity contribution in [3.63, 3.8) is 0 Å². The lowest BCUT2D eigenvalue weighted by atomic mass is 9.33. The fraction of sp³-hybridized carbons (Fsp3) is 0.939. The van der Waals surface area contributed by atoms with Crippen LogP contribution in [0.2, 0.25) is 0 Å². The Hall–Kier alpha value is -2.48. The van der Waals surface area contributed by atoms with E-state index in [9.17, 15) is 102 Å². The number of carbonyl (C=O) groups is 2. The molecule has 10 fully saturated rings. The molecule has 6 aliphatic heterocycles. The van der Waals surface area contributed by atoms with E-state index < -0.39 is 245 Å². The molecule has 11 aliphatic rings. The molecule has 19 N–H and O–H groups in total. The number of aliphatic carboxylic acids is 1. The van der Waals surface area contributed by atoms with Crippen LogP contribution in [0.3, 0.4) is 0 Å². The minimum atomic E-state index is -2.15. The third kappa shape index (κ3) is 13.4. The molecule has 0 amide bonds. The second kappa shape index (κ2) is 29.0. The summed E-state index contributed by atoms with van der Waals surface area (Å²) in [6.07, 6.45) is -46.6. The van der Waals surface area contributed by atoms with Gasteiger partial charge in [-0.2, -0.15) is 0 Å². The molecule has 99 heavy (non-hydrogen) atoms. The number of rotatable bonds is 17. The van der Waals surface area contributed by atoms with Crippen LogP contribution >= 0.6 is 0 Å². The molecular formula is C66H106O33. The Morgan fingerprint density at radius 1 is 0.475 bits per heavy atom. The van der Waals surface area contributed by atoms with Gasteiger partial charge in [-0.05, 0) is 116 Å². The summed E-state index contributed by atoms with van der Waals surface area (Å²) in [6.45, 7) is 13.5. The Morgan fingerprint density at radius 2 is 0.970 bits per heavy atom. The van der Waals surface area contributed by atoms with Gasteiger partial charge in [0.15, 0.2) is 37.6 Å². The van der Waals surface area contributed by atoms with Crippen LogP contribution in [0.25, 0.3) is 0 Å². The number of aliphatic hydroxyl groups excluding tert-OH is 18. The molecule has 33 heteroatoms. The number of aliphatic hydroxyl groups is 18. The first-order chi connectivity index (χ1) is 46.4. The normalized spacial score (nSPS) is 53.6. The van der Waals surface area contributed by atoms with Gasteiger partial charge >= 0.3 is 11.9 Å². The molecule has 0 unspecified atom stereocenters. The van der Waals surface area contributed by atoms with Crippen LogP contribution in [0.15, 0.2) is 11.6 Å². The van der Waals surface area contributed by atoms with Gasteiger partial charge in [-0.15, -0.1) is 0 Å². The summed E-state index contributed by atoms with van der Waals surface area (Å²) in [5.41, 5.74) is -2.20. The lowest BCUT2D eigenvalue weighted by Crippen LogP contribution is -2.68. The van der Waals surface area contributed by atoms with Crippen molar-refractivity contribution in [2.45, 2.75) is 310 Å². The number of fused-ring (bicyclic) bond motifs is 7. The third-order valence-corrected chi connectivity index (χ3v) is 25.6. The number of carboxylic acid groups (broad SMARTS) is 1. The van der Waals surface area contributed by atoms with Crippen LogP contribution in [0, 0.1) is 50.2 Å². The van der Waals surface area contributed by atoms with Crippen molar-refractivity contribution < 1.29 is 163 Å². The first-order valence-corrected chi connectivity index (χ1v) is 34.7. The monoisotopic (exact) mass is 1430 g/mol. The standard InChI is InChI=1S/C66H106O33/c1-24-34(70)38(74)45(81)55(89-24)95-49-29(22-69)92-54(48(84)44(49)80)88-23-30-37(73)40(76)47(83)57(93-30)99-60(87)66-17-15-61(2,3)19-26(66)25-9-10-32-63(6)13-12-33(62(4,5)31(63)11-14-65(32,8)64(25,7)16-18-66)94-59-52(43(79)42(78)50(96-59)53(85)86)98-58-51(41(77)36(72)28(21-68)91-58)97-56-46(82)39(75)35(71)27(20-67)90-56/h9,24,26-52,54-59,67-84H,10-23H2,1-8H3,(H,85,86)/t24-,26-,27+,28+,29+,30+,31-,32+,33-,34-,35+,36-,37+,38+,39-,40-,41-,42-,43-,44+,45+,46+,47+,48+,49+,50-,51+,52+,54+,55-,56-,57-,58-,59+,63-,64+,65+,66-/m0/s1. The molecule has 33 nitrogen and oxygen atoms in total. The van der Waals surface area contributed by atoms with Crippen molar-refractivity contribution in [1.29, 1.82) is 0 Å². The van der Waals surface area contributed by atoms with E-state index in [0.29, 0.717) is 57.8 Å². The molecule has 0 radical (unpaired) electrons. The molecule has 0 aromatic rings. The van der Waals surface area contributed by atoms with Crippen molar-refractivity contribution in [1.82, 2.24) is 0 Å². The van der Waals surface area contributed by atoms with Gasteiger partial charge in [0.05, 0.1) is 44.1 Å². The van der Waals surface area contributed by atoms with Crippen LogP contribution in [0.4, 0.5) is 0 Å². The molecule has 0 spiro atoms. The third-order valence-electron chi connectivity index (χ3n) is 25.6. The van der Waals surface area contributed by atoms with E-state index in [0.717, 1.165) is 12.0 Å². The quantitative estimate of drug-likeness (QED) is 0.0367. The molecule has 6 heterocycles. The Balaban J connectivity index is 0.791. The number of esters is 1. The molecule has 568 valence electrons. The molecule has 0 aromatic heterocycles. The number of carbonyl (C=O) groups excluding carboxylic acids is 1. The van der Waals surface area contributed by atoms with E-state index in [2.05, 4.69) is 40.7 Å². The second-order valence-electron chi connectivity index (χ2n) is 31.9. The van der Waals surface area contributed by atoms with Crippen molar-refractivity contribution in [2.24, 2.45) is 50.2 Å². The molecule has 38 atom stereocenters. The molecule has 4 saturated carbocycles. The largest absolute Gasteiger partial charge is 0.479 e. The zero-order valence-electron chi connectivity index (χ0n) is 56.8. The van der Waals surface area contributed by atoms with Crippen LogP contribution < -0.4 is 0 Å². The summed E-state index contributed by atoms with van der Waals surface area (Å²) in [4.78, 5) is 28.0. The SMILES string of the molecule is C[C@@H]1O[C@@H](O[C@H]2[C@H](O)[C@@H](O)[C@H](OC[C@H]3O[C@@H](OC(=O)[C@]45CCC(C)(C)C[C@H]4C4=CC[C@@H]6[C@@]7(C)CC[C@H](O[C@@H]8O[C@H](C(=O)O)[C@@H](O)[C@H](O)[C@H]8O[C@@H]8O[C@H](CO)[C@H](O)[C@H](O)[C@H]8O[C@@H]8O[C@H](CO)[C@@H](O)[C@H](O)[C@H]8O)C(C)(C)[C@@H]7CC[C@@]6(C)[C@]4(C)CC5)[C@H](O)[C@@H](O)[C@@H]3O)O[C@@H]2CO)[C@H](O)[C@H](O)[C@H]1O. The van der Waals surface area contributed by atoms with Crippen molar-refractivity contribution in [2.75, 3.05) is 26.4 Å². The van der Waals surface area contributed by atoms with Crippen LogP contribution in [0.5, 0.6) is 0 Å². The summed E-state index contributed by atoms with van der Waals surface area (Å²) in [5.74, 6) is -2.68. The Morgan fingerprint density at radius 3 is 1.60 bits per heavy atom. The summed E-state index contributed by atoms with van der Waals surface area (Å²) in [7, 11) is 0. The van der Waals surface area contributed by atoms with Crippen LogP contribution in [-0.4, -0.2) is 326 Å². The predicted octanol–water partition coefficient (Wildman–Crippen LogP) is -5.27. The van der Waals surface area contributed by atoms with E-state index in [1.54, 1.807) is 0 Å². The highest BCUT2D eigenvalue weighted by atomic mass is 16.8. The first kappa shape index (κ1) is 77.6. The number of ether oxygens (including phenoxy) is 12. The van der Waals surface area contributed by atoms with Gasteiger partial charge in [0, 0.05) is 0 Å². The maximum atomic E-state index is 15.3. The van der Waals surface area contributed by atoms with Gasteiger partial charge in [0.25, 0.3) is 0 Å². The fourth-order valence-corrected chi connectivity index (χ4v) is 19.3. The van der Waals surface area contributed by atoms with Gasteiger partial charge in [-0.1, -0.05) is 60.1 Å². The van der Waals surface area contributed by atoms with Gasteiger partial charge in [0.2, 0.25) is 6.29 Å². The minimum Gasteiger partial charge on any atom is -0.479 e. The summed E-state index contributed by atoms with van der Waals surface area (Å²) in [6, 6.07) is 0. The summed E-state index contributed by atoms with van der Waals surface area (Å²) < 4.78 is 71.3. The molecule has 0 bridgehead atoms. The average molecular weight is 1430 g/mol. The predicted molar refractivity (Wildman–Crippen MR) is 327 cm³/mol. The topological polar surface area (TPSA) is 529 Å². The smallest absolute Gasteiger partial charge is 0.335 e. The number of carboxylic acids is 1. The van der Waals surface area contributed by atoms with E-state index in [4.69, 9.17) is 56.8 Å². The van der Waals surface area contributed by atoms with Gasteiger partial charge in [-0.25, -0.2) is 4.79 Å². The maximum Gasteiger partial charge on any atom is 0.335 e. The van der Waals surface area contributed by atoms with Crippen molar-refractivity contribution >= 4 is 11.9 Å². The van der Waals surface area contributed by atoms with E-state index in [-0.39, 0.29) is 34.0 Å². The van der Waals surface area contributed by atoms with Crippen molar-refractivity contribution in [3.8, 4) is 0 Å².